The first-order valence-corrected chi connectivity index (χ1v) is 12.0. The Morgan fingerprint density at radius 2 is 1.48 bits per heavy atom. The average molecular weight is 463 g/mol. The van der Waals surface area contributed by atoms with E-state index in [0.29, 0.717) is 10.8 Å². The molecule has 0 radical (unpaired) electrons. The lowest BCUT2D eigenvalue weighted by Crippen LogP contribution is -2.50. The lowest BCUT2D eigenvalue weighted by atomic mass is 10.1. The first-order chi connectivity index (χ1) is 15.9. The first kappa shape index (κ1) is 21.3. The van der Waals surface area contributed by atoms with Crippen LogP contribution in [-0.2, 0) is 17.1 Å². The standard InChI is InChI=1S/C24H22N4O4S/c1-26-23(29)21-9-5-4-8-20(21)22(25-26)24(30)27-12-14-28(15-13-27)33(31,32)19-11-10-17-6-2-3-7-18(17)16-19/h2-11,16H,12-15H2,1H3. The largest absolute Gasteiger partial charge is 0.335 e. The van der Waals surface area contributed by atoms with Gasteiger partial charge in [-0.3, -0.25) is 9.59 Å². The summed E-state index contributed by atoms with van der Waals surface area (Å²) in [5.74, 6) is -0.315. The third-order valence-corrected chi connectivity index (χ3v) is 7.94. The van der Waals surface area contributed by atoms with Gasteiger partial charge in [0.25, 0.3) is 11.5 Å². The Morgan fingerprint density at radius 3 is 2.21 bits per heavy atom. The summed E-state index contributed by atoms with van der Waals surface area (Å²) < 4.78 is 29.0. The fourth-order valence-corrected chi connectivity index (χ4v) is 5.67. The molecular weight excluding hydrogens is 440 g/mol. The second-order valence-corrected chi connectivity index (χ2v) is 9.97. The number of hydrogen-bond acceptors (Lipinski definition) is 5. The van der Waals surface area contributed by atoms with Crippen LogP contribution in [-0.4, -0.2) is 59.5 Å². The van der Waals surface area contributed by atoms with Gasteiger partial charge in [-0.05, 0) is 29.0 Å². The number of nitrogens with zero attached hydrogens (tertiary/aromatic N) is 4. The first-order valence-electron chi connectivity index (χ1n) is 10.6. The molecule has 1 amide bonds. The number of benzene rings is 3. The number of aromatic nitrogens is 2. The van der Waals surface area contributed by atoms with Gasteiger partial charge in [0.2, 0.25) is 10.0 Å². The number of hydrogen-bond donors (Lipinski definition) is 0. The molecular formula is C24H22N4O4S. The maximum absolute atomic E-state index is 13.2. The summed E-state index contributed by atoms with van der Waals surface area (Å²) in [6.07, 6.45) is 0. The lowest BCUT2D eigenvalue weighted by Gasteiger charge is -2.34. The Bertz CT molecular complexity index is 1550. The molecule has 168 valence electrons. The van der Waals surface area contributed by atoms with E-state index in [9.17, 15) is 18.0 Å². The van der Waals surface area contributed by atoms with Gasteiger partial charge in [0.1, 0.15) is 0 Å². The molecule has 1 aromatic heterocycles. The van der Waals surface area contributed by atoms with Crippen molar-refractivity contribution in [1.82, 2.24) is 19.0 Å². The van der Waals surface area contributed by atoms with Crippen molar-refractivity contribution < 1.29 is 13.2 Å². The minimum absolute atomic E-state index is 0.185. The van der Waals surface area contributed by atoms with E-state index in [1.807, 2.05) is 24.3 Å². The summed E-state index contributed by atoms with van der Waals surface area (Å²) in [5, 5.41) is 6.96. The molecule has 1 fully saturated rings. The number of fused-ring (bicyclic) bond motifs is 2. The van der Waals surface area contributed by atoms with Crippen molar-refractivity contribution in [3.8, 4) is 0 Å². The van der Waals surface area contributed by atoms with Crippen molar-refractivity contribution in [3.05, 3.63) is 82.8 Å². The molecule has 0 saturated carbocycles. The van der Waals surface area contributed by atoms with Crippen LogP contribution >= 0.6 is 0 Å². The molecule has 4 aromatic rings. The van der Waals surface area contributed by atoms with Crippen LogP contribution in [0.4, 0.5) is 0 Å². The monoisotopic (exact) mass is 462 g/mol. The highest BCUT2D eigenvalue weighted by molar-refractivity contribution is 7.89. The van der Waals surface area contributed by atoms with E-state index < -0.39 is 10.0 Å². The van der Waals surface area contributed by atoms with Crippen LogP contribution in [0.15, 0.2) is 76.4 Å². The summed E-state index contributed by atoms with van der Waals surface area (Å²) in [7, 11) is -2.17. The van der Waals surface area contributed by atoms with Crippen LogP contribution in [0, 0.1) is 0 Å². The highest BCUT2D eigenvalue weighted by Crippen LogP contribution is 2.23. The Hall–Kier alpha value is -3.56. The molecule has 1 saturated heterocycles. The van der Waals surface area contributed by atoms with E-state index in [-0.39, 0.29) is 48.2 Å². The molecule has 0 bridgehead atoms. The van der Waals surface area contributed by atoms with Gasteiger partial charge in [-0.1, -0.05) is 48.5 Å². The lowest BCUT2D eigenvalue weighted by molar-refractivity contribution is 0.0691. The second-order valence-electron chi connectivity index (χ2n) is 8.03. The van der Waals surface area contributed by atoms with Gasteiger partial charge in [0.15, 0.2) is 5.69 Å². The number of aryl methyl sites for hydroxylation is 1. The molecule has 0 spiro atoms. The van der Waals surface area contributed by atoms with Crippen LogP contribution in [0.1, 0.15) is 10.5 Å². The van der Waals surface area contributed by atoms with Crippen LogP contribution in [0.25, 0.3) is 21.5 Å². The maximum Gasteiger partial charge on any atom is 0.275 e. The van der Waals surface area contributed by atoms with E-state index in [2.05, 4.69) is 5.10 Å². The molecule has 5 rings (SSSR count). The number of rotatable bonds is 3. The Morgan fingerprint density at radius 1 is 0.848 bits per heavy atom. The molecule has 1 aliphatic heterocycles. The van der Waals surface area contributed by atoms with E-state index >= 15 is 0 Å². The normalized spacial score (nSPS) is 15.2. The van der Waals surface area contributed by atoms with Gasteiger partial charge in [0, 0.05) is 38.6 Å². The number of carbonyl (C=O) groups excluding carboxylic acids is 1. The molecule has 0 unspecified atom stereocenters. The SMILES string of the molecule is Cn1nc(C(=O)N2CCN(S(=O)(=O)c3ccc4ccccc4c3)CC2)c2ccccc2c1=O. The predicted octanol–water partition coefficient (Wildman–Crippen LogP) is 2.23. The Balaban J connectivity index is 1.38. The van der Waals surface area contributed by atoms with Crippen LogP contribution in [0.5, 0.6) is 0 Å². The van der Waals surface area contributed by atoms with E-state index in [1.54, 1.807) is 47.4 Å². The van der Waals surface area contributed by atoms with E-state index in [0.717, 1.165) is 15.5 Å². The van der Waals surface area contributed by atoms with Crippen molar-refractivity contribution in [2.75, 3.05) is 26.2 Å². The topological polar surface area (TPSA) is 92.6 Å². The number of carbonyl (C=O) groups is 1. The summed E-state index contributed by atoms with van der Waals surface area (Å²) in [5.41, 5.74) is -0.0769. The van der Waals surface area contributed by atoms with Gasteiger partial charge < -0.3 is 4.90 Å². The van der Waals surface area contributed by atoms with Crippen LogP contribution in [0.2, 0.25) is 0 Å². The smallest absolute Gasteiger partial charge is 0.275 e. The third-order valence-electron chi connectivity index (χ3n) is 6.04. The summed E-state index contributed by atoms with van der Waals surface area (Å²) in [6, 6.07) is 19.6. The minimum atomic E-state index is -3.68. The zero-order valence-corrected chi connectivity index (χ0v) is 18.8. The van der Waals surface area contributed by atoms with Gasteiger partial charge in [0.05, 0.1) is 10.3 Å². The van der Waals surface area contributed by atoms with Crippen molar-refractivity contribution in [1.29, 1.82) is 0 Å². The van der Waals surface area contributed by atoms with Crippen LogP contribution < -0.4 is 5.56 Å². The molecule has 2 heterocycles. The summed E-state index contributed by atoms with van der Waals surface area (Å²) >= 11 is 0. The highest BCUT2D eigenvalue weighted by Gasteiger charge is 2.31. The van der Waals surface area contributed by atoms with Gasteiger partial charge in [-0.25, -0.2) is 13.1 Å². The van der Waals surface area contributed by atoms with Gasteiger partial charge in [-0.2, -0.15) is 9.40 Å². The summed E-state index contributed by atoms with van der Waals surface area (Å²) in [6.45, 7) is 0.851. The van der Waals surface area contributed by atoms with Gasteiger partial charge in [-0.15, -0.1) is 0 Å². The molecule has 9 heteroatoms. The number of sulfonamides is 1. The van der Waals surface area contributed by atoms with Crippen molar-refractivity contribution in [3.63, 3.8) is 0 Å². The van der Waals surface area contributed by atoms with Crippen LogP contribution in [0.3, 0.4) is 0 Å². The Kier molecular flexibility index (Phi) is 5.22. The fraction of sp³-hybridized carbons (Fsp3) is 0.208. The quantitative estimate of drug-likeness (QED) is 0.466. The minimum Gasteiger partial charge on any atom is -0.335 e. The maximum atomic E-state index is 13.2. The summed E-state index contributed by atoms with van der Waals surface area (Å²) in [4.78, 5) is 27.4. The van der Waals surface area contributed by atoms with Crippen molar-refractivity contribution in [2.24, 2.45) is 7.05 Å². The third kappa shape index (κ3) is 3.69. The van der Waals surface area contributed by atoms with Gasteiger partial charge >= 0.3 is 0 Å². The molecule has 0 aliphatic carbocycles. The van der Waals surface area contributed by atoms with E-state index in [4.69, 9.17) is 0 Å². The predicted molar refractivity (Wildman–Crippen MR) is 126 cm³/mol. The zero-order valence-electron chi connectivity index (χ0n) is 18.0. The molecule has 1 aliphatic rings. The molecule has 33 heavy (non-hydrogen) atoms. The molecule has 0 atom stereocenters. The zero-order chi connectivity index (χ0) is 23.2. The molecule has 8 nitrogen and oxygen atoms in total. The highest BCUT2D eigenvalue weighted by atomic mass is 32.2. The van der Waals surface area contributed by atoms with E-state index in [1.165, 1.54) is 11.4 Å². The fourth-order valence-electron chi connectivity index (χ4n) is 4.22. The Labute approximate surface area is 190 Å². The average Bonchev–Trinajstić information content (AvgIpc) is 2.85. The molecule has 3 aromatic carbocycles. The number of piperazine rings is 1. The second kappa shape index (κ2) is 8.09. The van der Waals surface area contributed by atoms with Crippen molar-refractivity contribution in [2.45, 2.75) is 4.90 Å². The number of amides is 1. The molecule has 0 N–H and O–H groups in total. The van der Waals surface area contributed by atoms with Crippen molar-refractivity contribution >= 4 is 37.5 Å².